The quantitative estimate of drug-likeness (QED) is 0.912. The second-order valence-electron chi connectivity index (χ2n) is 4.60. The number of nitrogens with two attached hydrogens (primary N) is 1. The molecule has 5 heteroatoms. The molecule has 1 amide bonds. The van der Waals surface area contributed by atoms with Crippen molar-refractivity contribution in [1.29, 1.82) is 0 Å². The zero-order valence-corrected chi connectivity index (χ0v) is 12.5. The van der Waals surface area contributed by atoms with Gasteiger partial charge in [-0.2, -0.15) is 0 Å². The molecule has 1 atom stereocenters. The summed E-state index contributed by atoms with van der Waals surface area (Å²) in [4.78, 5) is 11.4. The van der Waals surface area contributed by atoms with Gasteiger partial charge in [0.2, 0.25) is 5.91 Å². The van der Waals surface area contributed by atoms with Gasteiger partial charge in [-0.05, 0) is 23.6 Å². The number of halogens is 2. The molecule has 2 aromatic rings. The molecule has 0 spiro atoms. The third-order valence-electron chi connectivity index (χ3n) is 3.18. The zero-order valence-electron chi connectivity index (χ0n) is 11.7. The number of amides is 1. The third kappa shape index (κ3) is 4.28. The molecule has 3 N–H and O–H groups in total. The average molecular weight is 309 g/mol. The lowest BCUT2D eigenvalue weighted by Crippen LogP contribution is -2.40. The second-order valence-corrected chi connectivity index (χ2v) is 4.60. The number of hydrogen-bond acceptors (Lipinski definition) is 2. The van der Waals surface area contributed by atoms with Gasteiger partial charge in [0.15, 0.2) is 0 Å². The van der Waals surface area contributed by atoms with Crippen LogP contribution in [0.15, 0.2) is 48.5 Å². The van der Waals surface area contributed by atoms with E-state index < -0.39 is 6.04 Å². The molecular weight excluding hydrogens is 291 g/mol. The summed E-state index contributed by atoms with van der Waals surface area (Å²) in [6.45, 7) is 0. The Morgan fingerprint density at radius 1 is 1.19 bits per heavy atom. The van der Waals surface area contributed by atoms with Crippen molar-refractivity contribution < 1.29 is 9.18 Å². The van der Waals surface area contributed by atoms with Gasteiger partial charge in [-0.15, -0.1) is 12.4 Å². The number of nitrogens with one attached hydrogen (secondary N) is 1. The van der Waals surface area contributed by atoms with Crippen molar-refractivity contribution in [2.45, 2.75) is 12.5 Å². The summed E-state index contributed by atoms with van der Waals surface area (Å²) >= 11 is 0. The molecule has 21 heavy (non-hydrogen) atoms. The van der Waals surface area contributed by atoms with E-state index in [0.29, 0.717) is 12.0 Å². The van der Waals surface area contributed by atoms with Crippen LogP contribution in [0.2, 0.25) is 0 Å². The van der Waals surface area contributed by atoms with Crippen LogP contribution < -0.4 is 11.1 Å². The van der Waals surface area contributed by atoms with Crippen molar-refractivity contribution in [1.82, 2.24) is 5.32 Å². The molecule has 0 saturated carbocycles. The van der Waals surface area contributed by atoms with Crippen molar-refractivity contribution in [2.24, 2.45) is 5.73 Å². The normalized spacial score (nSPS) is 11.4. The smallest absolute Gasteiger partial charge is 0.237 e. The van der Waals surface area contributed by atoms with Crippen molar-refractivity contribution >= 4 is 18.3 Å². The monoisotopic (exact) mass is 308 g/mol. The van der Waals surface area contributed by atoms with Crippen molar-refractivity contribution in [3.8, 4) is 11.1 Å². The van der Waals surface area contributed by atoms with Crippen molar-refractivity contribution in [3.05, 3.63) is 59.9 Å². The molecule has 0 aliphatic rings. The van der Waals surface area contributed by atoms with Gasteiger partial charge in [0.25, 0.3) is 0 Å². The Morgan fingerprint density at radius 2 is 1.81 bits per heavy atom. The van der Waals surface area contributed by atoms with Crippen LogP contribution in [0, 0.1) is 5.82 Å². The lowest BCUT2D eigenvalue weighted by Gasteiger charge is -2.10. The highest BCUT2D eigenvalue weighted by Gasteiger charge is 2.12. The maximum atomic E-state index is 13.7. The summed E-state index contributed by atoms with van der Waals surface area (Å²) in [7, 11) is 1.56. The Bertz CT molecular complexity index is 601. The highest BCUT2D eigenvalue weighted by atomic mass is 35.5. The van der Waals surface area contributed by atoms with Gasteiger partial charge in [-0.1, -0.05) is 42.5 Å². The summed E-state index contributed by atoms with van der Waals surface area (Å²) in [5.74, 6) is -0.439. The lowest BCUT2D eigenvalue weighted by atomic mass is 10.0. The molecule has 3 nitrogen and oxygen atoms in total. The lowest BCUT2D eigenvalue weighted by molar-refractivity contribution is -0.121. The number of carbonyl (C=O) groups is 1. The zero-order chi connectivity index (χ0) is 14.5. The Kier molecular flexibility index (Phi) is 6.34. The van der Waals surface area contributed by atoms with Gasteiger partial charge < -0.3 is 11.1 Å². The molecule has 0 aliphatic heterocycles. The number of carbonyl (C=O) groups excluding carboxylic acids is 1. The van der Waals surface area contributed by atoms with E-state index in [1.54, 1.807) is 25.2 Å². The minimum atomic E-state index is -0.570. The number of likely N-dealkylation sites (N-methyl/N-ethyl adjacent to an activating group) is 1. The molecule has 0 unspecified atom stereocenters. The van der Waals surface area contributed by atoms with Crippen LogP contribution in [0.5, 0.6) is 0 Å². The van der Waals surface area contributed by atoms with E-state index >= 15 is 0 Å². The number of benzene rings is 2. The SMILES string of the molecule is CNC(=O)[C@@H](N)Cc1ccc(-c2ccccc2F)cc1.Cl. The van der Waals surface area contributed by atoms with Crippen molar-refractivity contribution in [2.75, 3.05) is 7.05 Å². The molecule has 0 fully saturated rings. The fourth-order valence-electron chi connectivity index (χ4n) is 2.05. The van der Waals surface area contributed by atoms with Gasteiger partial charge in [0.05, 0.1) is 6.04 Å². The molecule has 0 bridgehead atoms. The maximum Gasteiger partial charge on any atom is 0.237 e. The Hall–Kier alpha value is -1.91. The average Bonchev–Trinajstić information content (AvgIpc) is 2.48. The van der Waals surface area contributed by atoms with Crippen LogP contribution in [0.1, 0.15) is 5.56 Å². The summed E-state index contributed by atoms with van der Waals surface area (Å²) in [6.07, 6.45) is 0.456. The first-order chi connectivity index (χ1) is 9.61. The van der Waals surface area contributed by atoms with E-state index in [1.165, 1.54) is 6.07 Å². The van der Waals surface area contributed by atoms with E-state index in [9.17, 15) is 9.18 Å². The van der Waals surface area contributed by atoms with Crippen LogP contribution in [0.4, 0.5) is 4.39 Å². The predicted molar refractivity (Wildman–Crippen MR) is 84.8 cm³/mol. The van der Waals surface area contributed by atoms with Crippen LogP contribution in [0.3, 0.4) is 0 Å². The van der Waals surface area contributed by atoms with E-state index in [4.69, 9.17) is 5.73 Å². The first-order valence-electron chi connectivity index (χ1n) is 6.43. The van der Waals surface area contributed by atoms with E-state index in [0.717, 1.165) is 11.1 Å². The van der Waals surface area contributed by atoms with E-state index in [1.807, 2.05) is 24.3 Å². The van der Waals surface area contributed by atoms with Gasteiger partial charge >= 0.3 is 0 Å². The van der Waals surface area contributed by atoms with Crippen LogP contribution in [-0.4, -0.2) is 19.0 Å². The first kappa shape index (κ1) is 17.1. The topological polar surface area (TPSA) is 55.1 Å². The largest absolute Gasteiger partial charge is 0.358 e. The molecule has 0 aromatic heterocycles. The fraction of sp³-hybridized carbons (Fsp3) is 0.188. The second kappa shape index (κ2) is 7.76. The highest BCUT2D eigenvalue weighted by molar-refractivity contribution is 5.85. The molecule has 0 heterocycles. The summed E-state index contributed by atoms with van der Waals surface area (Å²) in [5.41, 5.74) is 8.08. The summed E-state index contributed by atoms with van der Waals surface area (Å²) in [6, 6.07) is 13.5. The molecule has 0 radical (unpaired) electrons. The minimum absolute atomic E-state index is 0. The fourth-order valence-corrected chi connectivity index (χ4v) is 2.05. The van der Waals surface area contributed by atoms with Gasteiger partial charge in [0, 0.05) is 12.6 Å². The van der Waals surface area contributed by atoms with Crippen LogP contribution >= 0.6 is 12.4 Å². The Morgan fingerprint density at radius 3 is 2.38 bits per heavy atom. The van der Waals surface area contributed by atoms with E-state index in [2.05, 4.69) is 5.32 Å². The predicted octanol–water partition coefficient (Wildman–Crippen LogP) is 2.53. The molecule has 0 saturated heterocycles. The first-order valence-corrected chi connectivity index (χ1v) is 6.43. The molecule has 0 aliphatic carbocycles. The molecular formula is C16H18ClFN2O. The summed E-state index contributed by atoms with van der Waals surface area (Å²) in [5, 5.41) is 2.52. The highest BCUT2D eigenvalue weighted by Crippen LogP contribution is 2.22. The minimum Gasteiger partial charge on any atom is -0.358 e. The standard InChI is InChI=1S/C16H17FN2O.ClH/c1-19-16(20)15(18)10-11-6-8-12(9-7-11)13-4-2-3-5-14(13)17;/h2-9,15H,10,18H2,1H3,(H,19,20);1H/t15-;/m0./s1. The Balaban J connectivity index is 0.00000220. The third-order valence-corrected chi connectivity index (χ3v) is 3.18. The van der Waals surface area contributed by atoms with Crippen LogP contribution in [-0.2, 0) is 11.2 Å². The summed E-state index contributed by atoms with van der Waals surface area (Å²) < 4.78 is 13.7. The Labute approximate surface area is 129 Å². The van der Waals surface area contributed by atoms with Gasteiger partial charge in [-0.3, -0.25) is 4.79 Å². The van der Waals surface area contributed by atoms with Crippen molar-refractivity contribution in [3.63, 3.8) is 0 Å². The maximum absolute atomic E-state index is 13.7. The molecule has 2 rings (SSSR count). The molecule has 112 valence electrons. The van der Waals surface area contributed by atoms with E-state index in [-0.39, 0.29) is 24.1 Å². The number of hydrogen-bond donors (Lipinski definition) is 2. The number of rotatable bonds is 4. The van der Waals surface area contributed by atoms with Crippen LogP contribution in [0.25, 0.3) is 11.1 Å². The van der Waals surface area contributed by atoms with Gasteiger partial charge in [-0.25, -0.2) is 4.39 Å². The molecule has 2 aromatic carbocycles. The van der Waals surface area contributed by atoms with Gasteiger partial charge in [0.1, 0.15) is 5.82 Å².